The fourth-order valence-electron chi connectivity index (χ4n) is 3.89. The van der Waals surface area contributed by atoms with Gasteiger partial charge in [0.1, 0.15) is 15.6 Å². The van der Waals surface area contributed by atoms with Crippen LogP contribution in [-0.4, -0.2) is 57.3 Å². The van der Waals surface area contributed by atoms with Crippen molar-refractivity contribution in [2.24, 2.45) is 0 Å². The number of carbonyl (C=O) groups excluding carboxylic acids is 1. The van der Waals surface area contributed by atoms with Crippen molar-refractivity contribution < 1.29 is 9.18 Å². The van der Waals surface area contributed by atoms with E-state index in [1.54, 1.807) is 12.3 Å². The molecule has 5 rings (SSSR count). The Balaban J connectivity index is 1.51. The Morgan fingerprint density at radius 1 is 1.37 bits per heavy atom. The van der Waals surface area contributed by atoms with Crippen molar-refractivity contribution in [3.8, 4) is 0 Å². The monoisotopic (exact) mass is 553 g/mol. The molecule has 2 aliphatic rings. The van der Waals surface area contributed by atoms with E-state index in [1.165, 1.54) is 29.2 Å². The molecule has 2 fully saturated rings. The molecule has 2 saturated heterocycles. The summed E-state index contributed by atoms with van der Waals surface area (Å²) in [5.41, 5.74) is 0.863. The van der Waals surface area contributed by atoms with E-state index in [2.05, 4.69) is 32.9 Å². The average molecular weight is 553 g/mol. The van der Waals surface area contributed by atoms with Gasteiger partial charge in [0.15, 0.2) is 5.17 Å². The van der Waals surface area contributed by atoms with Crippen LogP contribution in [0.25, 0.3) is 10.2 Å². The molecule has 0 saturated carbocycles. The van der Waals surface area contributed by atoms with Crippen molar-refractivity contribution in [1.82, 2.24) is 14.8 Å². The van der Waals surface area contributed by atoms with Crippen LogP contribution in [-0.2, 0) is 0 Å². The van der Waals surface area contributed by atoms with E-state index in [-0.39, 0.29) is 23.0 Å². The second-order valence-electron chi connectivity index (χ2n) is 7.26. The van der Waals surface area contributed by atoms with Crippen LogP contribution in [0.15, 0.2) is 36.5 Å². The lowest BCUT2D eigenvalue weighted by atomic mass is 10.1. The number of aromatic nitrogens is 1. The number of pyridine rings is 1. The number of nitrogens with zero attached hydrogens (tertiary/aromatic N) is 3. The zero-order valence-corrected chi connectivity index (χ0v) is 19.6. The first-order chi connectivity index (χ1) is 14.4. The van der Waals surface area contributed by atoms with Crippen molar-refractivity contribution >= 4 is 77.7 Å². The first-order valence-corrected chi connectivity index (χ1v) is 12.1. The number of amides is 1. The summed E-state index contributed by atoms with van der Waals surface area (Å²) >= 11 is 4.94. The quantitative estimate of drug-likeness (QED) is 0.465. The normalized spacial score (nSPS) is 20.8. The summed E-state index contributed by atoms with van der Waals surface area (Å²) in [5.74, 6) is -0.449. The third kappa shape index (κ3) is 3.34. The molecule has 2 N–H and O–H groups in total. The van der Waals surface area contributed by atoms with Crippen LogP contribution in [0.4, 0.5) is 15.1 Å². The van der Waals surface area contributed by atoms with Gasteiger partial charge in [-0.15, -0.1) is 0 Å². The SMILES string of the molecule is CN1C(=N)S[C@@H]2CN(C(=O)c3c(Nc4ccc(I)cc4F)sc4ncccc34)C[C@@H]21. The predicted molar refractivity (Wildman–Crippen MR) is 129 cm³/mol. The van der Waals surface area contributed by atoms with Gasteiger partial charge < -0.3 is 15.1 Å². The van der Waals surface area contributed by atoms with E-state index in [0.29, 0.717) is 34.5 Å². The fraction of sp³-hybridized carbons (Fsp3) is 0.250. The Morgan fingerprint density at radius 2 is 2.20 bits per heavy atom. The van der Waals surface area contributed by atoms with Crippen LogP contribution in [0, 0.1) is 14.8 Å². The van der Waals surface area contributed by atoms with E-state index >= 15 is 0 Å². The molecular formula is C20H17FIN5OS2. The number of thioether (sulfide) groups is 1. The predicted octanol–water partition coefficient (Wildman–Crippen LogP) is 4.59. The number of anilines is 2. The molecule has 3 aromatic rings. The molecule has 154 valence electrons. The Kier molecular flexibility index (Phi) is 5.10. The first kappa shape index (κ1) is 20.0. The van der Waals surface area contributed by atoms with Crippen LogP contribution in [0.2, 0.25) is 0 Å². The van der Waals surface area contributed by atoms with Crippen LogP contribution >= 0.6 is 45.7 Å². The second kappa shape index (κ2) is 7.65. The number of fused-ring (bicyclic) bond motifs is 2. The second-order valence-corrected chi connectivity index (χ2v) is 10.7. The van der Waals surface area contributed by atoms with Gasteiger partial charge in [-0.3, -0.25) is 10.2 Å². The van der Waals surface area contributed by atoms with E-state index in [0.717, 1.165) is 13.8 Å². The molecule has 4 heterocycles. The zero-order valence-electron chi connectivity index (χ0n) is 15.9. The van der Waals surface area contributed by atoms with Crippen molar-refractivity contribution in [2.75, 3.05) is 25.5 Å². The maximum absolute atomic E-state index is 14.5. The van der Waals surface area contributed by atoms with Crippen molar-refractivity contribution in [2.45, 2.75) is 11.3 Å². The molecule has 0 bridgehead atoms. The minimum atomic E-state index is -0.363. The maximum atomic E-state index is 14.5. The molecule has 0 spiro atoms. The molecule has 2 atom stereocenters. The van der Waals surface area contributed by atoms with Gasteiger partial charge in [-0.1, -0.05) is 23.1 Å². The van der Waals surface area contributed by atoms with Crippen LogP contribution < -0.4 is 5.32 Å². The Labute approximate surface area is 194 Å². The summed E-state index contributed by atoms with van der Waals surface area (Å²) < 4.78 is 15.3. The van der Waals surface area contributed by atoms with Crippen molar-refractivity contribution in [3.63, 3.8) is 0 Å². The summed E-state index contributed by atoms with van der Waals surface area (Å²) in [7, 11) is 1.91. The van der Waals surface area contributed by atoms with Gasteiger partial charge in [-0.25, -0.2) is 9.37 Å². The first-order valence-electron chi connectivity index (χ1n) is 9.29. The van der Waals surface area contributed by atoms with Crippen LogP contribution in [0.5, 0.6) is 0 Å². The number of halogens is 2. The lowest BCUT2D eigenvalue weighted by molar-refractivity contribution is 0.0789. The summed E-state index contributed by atoms with van der Waals surface area (Å²) in [4.78, 5) is 22.5. The lowest BCUT2D eigenvalue weighted by Crippen LogP contribution is -2.36. The highest BCUT2D eigenvalue weighted by molar-refractivity contribution is 14.1. The zero-order chi connectivity index (χ0) is 21.0. The van der Waals surface area contributed by atoms with Gasteiger partial charge in [0.05, 0.1) is 22.5 Å². The van der Waals surface area contributed by atoms with Gasteiger partial charge in [-0.2, -0.15) is 0 Å². The Hall–Kier alpha value is -1.92. The van der Waals surface area contributed by atoms with E-state index < -0.39 is 0 Å². The average Bonchev–Trinajstić information content (AvgIpc) is 3.36. The highest BCUT2D eigenvalue weighted by atomic mass is 127. The number of rotatable bonds is 3. The maximum Gasteiger partial charge on any atom is 0.257 e. The molecule has 0 unspecified atom stereocenters. The fourth-order valence-corrected chi connectivity index (χ4v) is 6.66. The molecule has 10 heteroatoms. The molecule has 6 nitrogen and oxygen atoms in total. The molecule has 0 aliphatic carbocycles. The van der Waals surface area contributed by atoms with Crippen molar-refractivity contribution in [3.05, 3.63) is 51.5 Å². The van der Waals surface area contributed by atoms with Gasteiger partial charge in [0.25, 0.3) is 5.91 Å². The lowest BCUT2D eigenvalue weighted by Gasteiger charge is -2.22. The number of hydrogen-bond acceptors (Lipinski definition) is 6. The molecule has 1 aromatic carbocycles. The highest BCUT2D eigenvalue weighted by Gasteiger charge is 2.45. The smallest absolute Gasteiger partial charge is 0.257 e. The number of thiophene rings is 1. The Morgan fingerprint density at radius 3 is 2.97 bits per heavy atom. The topological polar surface area (TPSA) is 72.3 Å². The molecule has 1 amide bonds. The van der Waals surface area contributed by atoms with Crippen molar-refractivity contribution in [1.29, 1.82) is 5.41 Å². The molecular weight excluding hydrogens is 536 g/mol. The highest BCUT2D eigenvalue weighted by Crippen LogP contribution is 2.40. The van der Waals surface area contributed by atoms with Gasteiger partial charge >= 0.3 is 0 Å². The number of likely N-dealkylation sites (N-methyl/N-ethyl adjacent to an activating group) is 1. The minimum Gasteiger partial charge on any atom is -0.349 e. The number of carbonyl (C=O) groups is 1. The van der Waals surface area contributed by atoms with Gasteiger partial charge in [0.2, 0.25) is 0 Å². The minimum absolute atomic E-state index is 0.0856. The van der Waals surface area contributed by atoms with E-state index in [9.17, 15) is 9.18 Å². The van der Waals surface area contributed by atoms with Gasteiger partial charge in [-0.05, 0) is 52.9 Å². The summed E-state index contributed by atoms with van der Waals surface area (Å²) in [5, 5.41) is 13.3. The third-order valence-corrected chi connectivity index (χ3v) is 8.44. The van der Waals surface area contributed by atoms with Gasteiger partial charge in [0, 0.05) is 35.3 Å². The number of amidine groups is 1. The molecule has 2 aromatic heterocycles. The number of benzene rings is 1. The molecule has 0 radical (unpaired) electrons. The third-order valence-electron chi connectivity index (χ3n) is 5.46. The molecule has 30 heavy (non-hydrogen) atoms. The largest absolute Gasteiger partial charge is 0.349 e. The molecule has 2 aliphatic heterocycles. The number of likely N-dealkylation sites (tertiary alicyclic amines) is 1. The number of nitrogens with one attached hydrogen (secondary N) is 2. The number of hydrogen-bond donors (Lipinski definition) is 2. The standard InChI is InChI=1S/C20H17FIN5OS2/c1-26-14-8-27(9-15(14)29-20(26)23)19(28)16-11-3-2-6-24-17(11)30-18(16)25-13-5-4-10(22)7-12(13)21/h2-7,14-15,23,25H,8-9H2,1H3/t14-,15+/m0/s1. The van der Waals surface area contributed by atoms with Crippen LogP contribution in [0.3, 0.4) is 0 Å². The summed E-state index contributed by atoms with van der Waals surface area (Å²) in [6.07, 6.45) is 1.69. The summed E-state index contributed by atoms with van der Waals surface area (Å²) in [6, 6.07) is 8.81. The summed E-state index contributed by atoms with van der Waals surface area (Å²) in [6.45, 7) is 1.17. The Bertz CT molecular complexity index is 1190. The van der Waals surface area contributed by atoms with E-state index in [1.807, 2.05) is 35.0 Å². The van der Waals surface area contributed by atoms with E-state index in [4.69, 9.17) is 5.41 Å². The van der Waals surface area contributed by atoms with Crippen LogP contribution in [0.1, 0.15) is 10.4 Å².